The van der Waals surface area contributed by atoms with E-state index in [-0.39, 0.29) is 23.8 Å². The van der Waals surface area contributed by atoms with Gasteiger partial charge in [0.1, 0.15) is 0 Å². The van der Waals surface area contributed by atoms with Crippen molar-refractivity contribution in [2.75, 3.05) is 29.6 Å². The summed E-state index contributed by atoms with van der Waals surface area (Å²) in [5, 5.41) is 14.1. The third kappa shape index (κ3) is 2.82. The zero-order valence-electron chi connectivity index (χ0n) is 16.3. The Labute approximate surface area is 182 Å². The molecule has 158 valence electrons. The number of benzene rings is 2. The Balaban J connectivity index is 1.68. The number of morpholine rings is 1. The molecule has 1 N–H and O–H groups in total. The van der Waals surface area contributed by atoms with Crippen LogP contribution in [-0.4, -0.2) is 47.7 Å². The molecule has 31 heavy (non-hydrogen) atoms. The lowest BCUT2D eigenvalue weighted by Crippen LogP contribution is -2.74. The van der Waals surface area contributed by atoms with Crippen LogP contribution in [0.1, 0.15) is 5.56 Å². The summed E-state index contributed by atoms with van der Waals surface area (Å²) in [4.78, 5) is 41.5. The maximum atomic E-state index is 14.0. The lowest BCUT2D eigenvalue weighted by Gasteiger charge is -2.53. The van der Waals surface area contributed by atoms with Crippen LogP contribution in [0.4, 0.5) is 17.1 Å². The number of amides is 2. The number of hydrogen-bond acceptors (Lipinski definition) is 7. The zero-order chi connectivity index (χ0) is 21.8. The van der Waals surface area contributed by atoms with Crippen molar-refractivity contribution in [2.24, 2.45) is 5.41 Å². The SMILES string of the molecule is O=C1NC(=S)N(c2ccccc2)C(=O)[C@]12Cc1cc([N+](=O)[O-])ccc1N1CCOC[C@H]12. The van der Waals surface area contributed by atoms with Gasteiger partial charge < -0.3 is 15.0 Å². The van der Waals surface area contributed by atoms with Gasteiger partial charge in [0, 0.05) is 30.8 Å². The number of thiocarbonyl (C=S) groups is 1. The number of ether oxygens (including phenoxy) is 1. The molecule has 2 aromatic carbocycles. The number of non-ortho nitro benzene ring substituents is 1. The number of nitro benzene ring substituents is 1. The fraction of sp³-hybridized carbons (Fsp3) is 0.286. The maximum absolute atomic E-state index is 14.0. The molecule has 2 amide bonds. The molecule has 0 saturated carbocycles. The van der Waals surface area contributed by atoms with Crippen LogP contribution in [0.3, 0.4) is 0 Å². The zero-order valence-corrected chi connectivity index (χ0v) is 17.1. The van der Waals surface area contributed by atoms with E-state index in [1.807, 2.05) is 11.0 Å². The minimum atomic E-state index is -1.53. The smallest absolute Gasteiger partial charge is 0.269 e. The van der Waals surface area contributed by atoms with E-state index in [9.17, 15) is 19.7 Å². The summed E-state index contributed by atoms with van der Waals surface area (Å²) in [7, 11) is 0. The molecule has 3 aliphatic heterocycles. The molecule has 10 heteroatoms. The normalized spacial score (nSPS) is 25.2. The molecule has 0 radical (unpaired) electrons. The summed E-state index contributed by atoms with van der Waals surface area (Å²) in [6, 6.07) is 12.9. The lowest BCUT2D eigenvalue weighted by molar-refractivity contribution is -0.384. The van der Waals surface area contributed by atoms with Crippen LogP contribution in [0.15, 0.2) is 48.5 Å². The summed E-state index contributed by atoms with van der Waals surface area (Å²) in [6.45, 7) is 1.08. The molecule has 0 aromatic heterocycles. The van der Waals surface area contributed by atoms with Crippen LogP contribution < -0.4 is 15.1 Å². The highest BCUT2D eigenvalue weighted by Crippen LogP contribution is 2.46. The Morgan fingerprint density at radius 1 is 1.19 bits per heavy atom. The first-order valence-corrected chi connectivity index (χ1v) is 10.2. The quantitative estimate of drug-likeness (QED) is 0.330. The van der Waals surface area contributed by atoms with Crippen molar-refractivity contribution in [3.63, 3.8) is 0 Å². The van der Waals surface area contributed by atoms with Gasteiger partial charge in [-0.15, -0.1) is 0 Å². The van der Waals surface area contributed by atoms with Crippen molar-refractivity contribution < 1.29 is 19.2 Å². The molecule has 0 bridgehead atoms. The highest BCUT2D eigenvalue weighted by atomic mass is 32.1. The molecule has 2 aromatic rings. The molecule has 0 unspecified atom stereocenters. The molecule has 0 aliphatic carbocycles. The van der Waals surface area contributed by atoms with Gasteiger partial charge in [0.25, 0.3) is 11.6 Å². The third-order valence-electron chi connectivity index (χ3n) is 6.18. The van der Waals surface area contributed by atoms with Crippen LogP contribution in [0.2, 0.25) is 0 Å². The van der Waals surface area contributed by atoms with Crippen LogP contribution in [0.5, 0.6) is 0 Å². The van der Waals surface area contributed by atoms with E-state index in [1.165, 1.54) is 17.0 Å². The molecule has 3 aliphatic rings. The fourth-order valence-corrected chi connectivity index (χ4v) is 5.02. The van der Waals surface area contributed by atoms with Crippen LogP contribution in [0.25, 0.3) is 0 Å². The topological polar surface area (TPSA) is 105 Å². The van der Waals surface area contributed by atoms with Crippen molar-refractivity contribution in [1.29, 1.82) is 0 Å². The Morgan fingerprint density at radius 3 is 2.71 bits per heavy atom. The predicted octanol–water partition coefficient (Wildman–Crippen LogP) is 1.79. The highest BCUT2D eigenvalue weighted by Gasteiger charge is 2.62. The van der Waals surface area contributed by atoms with Crippen molar-refractivity contribution in [3.8, 4) is 0 Å². The van der Waals surface area contributed by atoms with Gasteiger partial charge in [-0.25, -0.2) is 0 Å². The second kappa shape index (κ2) is 7.10. The van der Waals surface area contributed by atoms with Crippen molar-refractivity contribution >= 4 is 46.2 Å². The molecule has 2 fully saturated rings. The van der Waals surface area contributed by atoms with Gasteiger partial charge in [-0.05, 0) is 36.0 Å². The second-order valence-corrected chi connectivity index (χ2v) is 8.12. The minimum absolute atomic E-state index is 0.0138. The Kier molecular flexibility index (Phi) is 4.49. The average Bonchev–Trinajstić information content (AvgIpc) is 2.78. The number of nitrogens with one attached hydrogen (secondary N) is 1. The summed E-state index contributed by atoms with van der Waals surface area (Å²) < 4.78 is 5.67. The van der Waals surface area contributed by atoms with Gasteiger partial charge in [-0.2, -0.15) is 0 Å². The number of fused-ring (bicyclic) bond motifs is 4. The Hall–Kier alpha value is -3.37. The Bertz CT molecular complexity index is 1120. The lowest BCUT2D eigenvalue weighted by atomic mass is 9.68. The minimum Gasteiger partial charge on any atom is -0.377 e. The summed E-state index contributed by atoms with van der Waals surface area (Å²) >= 11 is 5.33. The standard InChI is InChI=1S/C21H18N4O5S/c26-18-21(19(27)24(20(31)22-18)14-4-2-1-3-5-14)11-13-10-15(25(28)29)6-7-16(13)23-8-9-30-12-17(21)23/h1-7,10,17H,8-9,11-12H2,(H,22,26,31)/t17-,21-/m0/s1. The molecule has 2 saturated heterocycles. The number of carbonyl (C=O) groups is 2. The molecular weight excluding hydrogens is 420 g/mol. The van der Waals surface area contributed by atoms with Crippen LogP contribution in [-0.2, 0) is 20.7 Å². The maximum Gasteiger partial charge on any atom is 0.269 e. The largest absolute Gasteiger partial charge is 0.377 e. The van der Waals surface area contributed by atoms with Crippen molar-refractivity contribution in [2.45, 2.75) is 12.5 Å². The van der Waals surface area contributed by atoms with E-state index in [2.05, 4.69) is 5.32 Å². The molecular formula is C21H18N4O5S. The number of carbonyl (C=O) groups excluding carboxylic acids is 2. The van der Waals surface area contributed by atoms with Gasteiger partial charge >= 0.3 is 0 Å². The number of hydrogen-bond donors (Lipinski definition) is 1. The fourth-order valence-electron chi connectivity index (χ4n) is 4.74. The van der Waals surface area contributed by atoms with E-state index in [1.54, 1.807) is 30.3 Å². The number of rotatable bonds is 2. The molecule has 3 heterocycles. The van der Waals surface area contributed by atoms with E-state index in [4.69, 9.17) is 17.0 Å². The molecule has 1 spiro atoms. The van der Waals surface area contributed by atoms with E-state index < -0.39 is 28.2 Å². The second-order valence-electron chi connectivity index (χ2n) is 7.74. The predicted molar refractivity (Wildman–Crippen MR) is 116 cm³/mol. The van der Waals surface area contributed by atoms with E-state index in [0.29, 0.717) is 24.4 Å². The van der Waals surface area contributed by atoms with Crippen LogP contribution in [0, 0.1) is 15.5 Å². The summed E-state index contributed by atoms with van der Waals surface area (Å²) in [5.74, 6) is -0.961. The van der Waals surface area contributed by atoms with Crippen molar-refractivity contribution in [3.05, 3.63) is 64.2 Å². The third-order valence-corrected chi connectivity index (χ3v) is 6.46. The monoisotopic (exact) mass is 438 g/mol. The van der Waals surface area contributed by atoms with Crippen molar-refractivity contribution in [1.82, 2.24) is 5.32 Å². The van der Waals surface area contributed by atoms with E-state index >= 15 is 0 Å². The van der Waals surface area contributed by atoms with Gasteiger partial charge in [-0.3, -0.25) is 24.6 Å². The number of anilines is 2. The summed E-state index contributed by atoms with van der Waals surface area (Å²) in [5.41, 5.74) is 0.298. The summed E-state index contributed by atoms with van der Waals surface area (Å²) in [6.07, 6.45) is 0.0190. The van der Waals surface area contributed by atoms with Gasteiger partial charge in [-0.1, -0.05) is 18.2 Å². The van der Waals surface area contributed by atoms with Gasteiger partial charge in [0.05, 0.1) is 29.9 Å². The molecule has 2 atom stereocenters. The first kappa shape index (κ1) is 19.6. The molecule has 9 nitrogen and oxygen atoms in total. The van der Waals surface area contributed by atoms with Gasteiger partial charge in [0.15, 0.2) is 10.5 Å². The number of nitro groups is 1. The number of para-hydroxylation sites is 1. The Morgan fingerprint density at radius 2 is 1.97 bits per heavy atom. The highest BCUT2D eigenvalue weighted by molar-refractivity contribution is 7.80. The number of nitrogens with zero attached hydrogens (tertiary/aromatic N) is 3. The van der Waals surface area contributed by atoms with Crippen LogP contribution >= 0.6 is 12.2 Å². The first-order valence-electron chi connectivity index (χ1n) is 9.80. The first-order chi connectivity index (χ1) is 14.9. The van der Waals surface area contributed by atoms with Gasteiger partial charge in [0.2, 0.25) is 5.91 Å². The van der Waals surface area contributed by atoms with E-state index in [0.717, 1.165) is 5.69 Å². The molecule has 5 rings (SSSR count). The average molecular weight is 438 g/mol.